The first-order chi connectivity index (χ1) is 4.91. The van der Waals surface area contributed by atoms with Gasteiger partial charge < -0.3 is 0 Å². The second kappa shape index (κ2) is 3.01. The van der Waals surface area contributed by atoms with Gasteiger partial charge in [-0.05, 0) is 22.0 Å². The molecule has 0 amide bonds. The molecule has 0 saturated heterocycles. The van der Waals surface area contributed by atoms with E-state index in [9.17, 15) is 12.3 Å². The summed E-state index contributed by atoms with van der Waals surface area (Å²) in [4.78, 5) is 0. The molecule has 0 N–H and O–H groups in total. The maximum Gasteiger partial charge on any atom is 0.341 e. The smallest absolute Gasteiger partial charge is 0.188 e. The average molecular weight is 280 g/mol. The molecule has 0 aliphatic rings. The zero-order valence-corrected chi connectivity index (χ0v) is 8.82. The molecule has 0 radical (unpaired) electrons. The van der Waals surface area contributed by atoms with Crippen LogP contribution in [0.1, 0.15) is 0 Å². The summed E-state index contributed by atoms with van der Waals surface area (Å²) in [5, 5.41) is 0.200. The summed E-state index contributed by atoms with van der Waals surface area (Å²) in [7, 11) is -4.60. The van der Waals surface area contributed by atoms with Crippen LogP contribution in [0.4, 0.5) is 3.89 Å². The highest BCUT2D eigenvalue weighted by atomic mass is 79.9. The zero-order chi connectivity index (χ0) is 8.65. The summed E-state index contributed by atoms with van der Waals surface area (Å²) in [6, 6.07) is 1.06. The Morgan fingerprint density at radius 2 is 2.18 bits per heavy atom. The Balaban J connectivity index is 3.29. The van der Waals surface area contributed by atoms with Crippen LogP contribution < -0.4 is 0 Å². The van der Waals surface area contributed by atoms with Crippen LogP contribution in [0, 0.1) is 0 Å². The third-order valence-corrected chi connectivity index (χ3v) is 4.58. The van der Waals surface area contributed by atoms with Gasteiger partial charge in [0.1, 0.15) is 0 Å². The largest absolute Gasteiger partial charge is 0.341 e. The summed E-state index contributed by atoms with van der Waals surface area (Å²) in [5.74, 6) is 0. The molecule has 0 aliphatic heterocycles. The summed E-state index contributed by atoms with van der Waals surface area (Å²) < 4.78 is 32.8. The quantitative estimate of drug-likeness (QED) is 0.741. The minimum atomic E-state index is -4.60. The van der Waals surface area contributed by atoms with Crippen molar-refractivity contribution in [2.45, 2.75) is 4.21 Å². The number of hydrogen-bond donors (Lipinski definition) is 0. The molecule has 1 aromatic heterocycles. The monoisotopic (exact) mass is 278 g/mol. The van der Waals surface area contributed by atoms with Gasteiger partial charge in [-0.15, -0.1) is 11.3 Å². The molecule has 7 heteroatoms. The van der Waals surface area contributed by atoms with Gasteiger partial charge in [0, 0.05) is 0 Å². The SMILES string of the molecule is O=S(=O)(F)c1cc(Cl)c(Br)s1. The second-order valence-corrected chi connectivity index (χ2v) is 5.98. The topological polar surface area (TPSA) is 34.1 Å². The number of thiophene rings is 1. The average Bonchev–Trinajstić information content (AvgIpc) is 2.11. The van der Waals surface area contributed by atoms with E-state index >= 15 is 0 Å². The highest BCUT2D eigenvalue weighted by Crippen LogP contribution is 2.35. The minimum absolute atomic E-state index is 0.200. The molecule has 1 heterocycles. The van der Waals surface area contributed by atoms with Crippen molar-refractivity contribution in [3.63, 3.8) is 0 Å². The van der Waals surface area contributed by atoms with E-state index in [0.29, 0.717) is 3.79 Å². The lowest BCUT2D eigenvalue weighted by atomic mass is 10.7. The standard InChI is InChI=1S/C4HBrClFO2S2/c5-4-2(6)1-3(10-4)11(7,8)9/h1H. The van der Waals surface area contributed by atoms with Crippen LogP contribution in [0.2, 0.25) is 5.02 Å². The lowest BCUT2D eigenvalue weighted by Crippen LogP contribution is -1.85. The van der Waals surface area contributed by atoms with E-state index in [-0.39, 0.29) is 9.23 Å². The fraction of sp³-hybridized carbons (Fsp3) is 0. The molecule has 0 spiro atoms. The van der Waals surface area contributed by atoms with Crippen molar-refractivity contribution >= 4 is 49.1 Å². The molecule has 0 aromatic carbocycles. The fourth-order valence-electron chi connectivity index (χ4n) is 0.447. The van der Waals surface area contributed by atoms with Crippen LogP contribution in [-0.2, 0) is 10.2 Å². The zero-order valence-electron chi connectivity index (χ0n) is 4.84. The van der Waals surface area contributed by atoms with Gasteiger partial charge in [-0.25, -0.2) is 0 Å². The van der Waals surface area contributed by atoms with Gasteiger partial charge in [-0.1, -0.05) is 15.5 Å². The van der Waals surface area contributed by atoms with E-state index in [4.69, 9.17) is 11.6 Å². The number of halogens is 3. The molecule has 2 nitrogen and oxygen atoms in total. The molecular weight excluding hydrogens is 279 g/mol. The predicted octanol–water partition coefficient (Wildman–Crippen LogP) is 2.82. The van der Waals surface area contributed by atoms with Gasteiger partial charge in [0.2, 0.25) is 0 Å². The van der Waals surface area contributed by atoms with Crippen molar-refractivity contribution in [2.24, 2.45) is 0 Å². The van der Waals surface area contributed by atoms with Gasteiger partial charge in [-0.3, -0.25) is 0 Å². The summed E-state index contributed by atoms with van der Waals surface area (Å²) in [6.07, 6.45) is 0. The summed E-state index contributed by atoms with van der Waals surface area (Å²) >= 11 is 9.17. The van der Waals surface area contributed by atoms with Crippen LogP contribution >= 0.6 is 38.9 Å². The molecule has 0 fully saturated rings. The number of hydrogen-bond acceptors (Lipinski definition) is 3. The summed E-state index contributed by atoms with van der Waals surface area (Å²) in [6.45, 7) is 0. The third kappa shape index (κ3) is 2.14. The lowest BCUT2D eigenvalue weighted by Gasteiger charge is -1.81. The van der Waals surface area contributed by atoms with Crippen LogP contribution in [0.15, 0.2) is 14.1 Å². The number of rotatable bonds is 1. The van der Waals surface area contributed by atoms with E-state index in [0.717, 1.165) is 17.4 Å². The van der Waals surface area contributed by atoms with E-state index in [1.165, 1.54) is 0 Å². The molecule has 0 saturated carbocycles. The van der Waals surface area contributed by atoms with Crippen molar-refractivity contribution < 1.29 is 12.3 Å². The normalized spacial score (nSPS) is 11.9. The highest BCUT2D eigenvalue weighted by Gasteiger charge is 2.16. The first-order valence-corrected chi connectivity index (χ1v) is 5.68. The van der Waals surface area contributed by atoms with Crippen molar-refractivity contribution in [1.29, 1.82) is 0 Å². The van der Waals surface area contributed by atoms with Crippen molar-refractivity contribution in [2.75, 3.05) is 0 Å². The Labute approximate surface area is 80.3 Å². The first kappa shape index (κ1) is 9.44. The van der Waals surface area contributed by atoms with Crippen LogP contribution in [0.5, 0.6) is 0 Å². The molecule has 0 unspecified atom stereocenters. The van der Waals surface area contributed by atoms with E-state index in [2.05, 4.69) is 15.9 Å². The van der Waals surface area contributed by atoms with Crippen LogP contribution in [0.25, 0.3) is 0 Å². The Kier molecular flexibility index (Phi) is 2.58. The third-order valence-electron chi connectivity index (χ3n) is 0.863. The van der Waals surface area contributed by atoms with Crippen LogP contribution in [0.3, 0.4) is 0 Å². The second-order valence-electron chi connectivity index (χ2n) is 1.62. The molecule has 11 heavy (non-hydrogen) atoms. The first-order valence-electron chi connectivity index (χ1n) is 2.31. The molecule has 62 valence electrons. The highest BCUT2D eigenvalue weighted by molar-refractivity contribution is 9.11. The van der Waals surface area contributed by atoms with Gasteiger partial charge in [0.25, 0.3) is 0 Å². The lowest BCUT2D eigenvalue weighted by molar-refractivity contribution is 0.554. The van der Waals surface area contributed by atoms with Gasteiger partial charge in [0.05, 0.1) is 8.81 Å². The molecule has 0 aliphatic carbocycles. The van der Waals surface area contributed by atoms with E-state index in [1.54, 1.807) is 0 Å². The van der Waals surface area contributed by atoms with E-state index < -0.39 is 10.2 Å². The molecular formula is C4HBrClFO2S2. The fourth-order valence-corrected chi connectivity index (χ4v) is 3.18. The Bertz CT molecular complexity index is 352. The van der Waals surface area contributed by atoms with Gasteiger partial charge in [0.15, 0.2) is 4.21 Å². The Morgan fingerprint density at radius 3 is 2.36 bits per heavy atom. The van der Waals surface area contributed by atoms with Crippen molar-refractivity contribution in [3.8, 4) is 0 Å². The van der Waals surface area contributed by atoms with Crippen molar-refractivity contribution in [3.05, 3.63) is 14.9 Å². The molecule has 1 aromatic rings. The predicted molar refractivity (Wildman–Crippen MR) is 45.3 cm³/mol. The molecule has 0 bridgehead atoms. The van der Waals surface area contributed by atoms with Crippen LogP contribution in [-0.4, -0.2) is 8.42 Å². The van der Waals surface area contributed by atoms with Crippen molar-refractivity contribution in [1.82, 2.24) is 0 Å². The maximum atomic E-state index is 12.2. The Hall–Kier alpha value is 0.350. The van der Waals surface area contributed by atoms with Gasteiger partial charge >= 0.3 is 10.2 Å². The minimum Gasteiger partial charge on any atom is -0.188 e. The molecule has 0 atom stereocenters. The van der Waals surface area contributed by atoms with E-state index in [1.807, 2.05) is 0 Å². The Morgan fingerprint density at radius 1 is 1.64 bits per heavy atom. The maximum absolute atomic E-state index is 12.2. The van der Waals surface area contributed by atoms with Gasteiger partial charge in [-0.2, -0.15) is 8.42 Å². The molecule has 1 rings (SSSR count). The summed E-state index contributed by atoms with van der Waals surface area (Å²) in [5.41, 5.74) is 0.